The molecule has 1 aliphatic rings. The highest BCUT2D eigenvalue weighted by molar-refractivity contribution is 5.55. The van der Waals surface area contributed by atoms with Crippen molar-refractivity contribution in [3.63, 3.8) is 0 Å². The summed E-state index contributed by atoms with van der Waals surface area (Å²) >= 11 is 0. The molecule has 4 heteroatoms. The van der Waals surface area contributed by atoms with Crippen molar-refractivity contribution in [3.05, 3.63) is 53.1 Å². The number of rotatable bonds is 6. The molecule has 0 bridgehead atoms. The molecule has 3 rings (SSSR count). The second-order valence-electron chi connectivity index (χ2n) is 7.56. The van der Waals surface area contributed by atoms with E-state index >= 15 is 0 Å². The Morgan fingerprint density at radius 2 is 1.59 bits per heavy atom. The molecule has 2 aromatic rings. The highest BCUT2D eigenvalue weighted by atomic mass is 16.5. The van der Waals surface area contributed by atoms with E-state index in [9.17, 15) is 0 Å². The van der Waals surface area contributed by atoms with Gasteiger partial charge in [0, 0.05) is 37.9 Å². The van der Waals surface area contributed by atoms with E-state index in [2.05, 4.69) is 60.9 Å². The summed E-state index contributed by atoms with van der Waals surface area (Å²) in [6.07, 6.45) is 1.02. The Labute approximate surface area is 163 Å². The minimum absolute atomic E-state index is 0.504. The lowest BCUT2D eigenvalue weighted by Crippen LogP contribution is -2.50. The van der Waals surface area contributed by atoms with Gasteiger partial charge in [-0.1, -0.05) is 18.2 Å². The van der Waals surface area contributed by atoms with Crippen LogP contribution in [0.3, 0.4) is 0 Å². The summed E-state index contributed by atoms with van der Waals surface area (Å²) in [4.78, 5) is 5.13. The van der Waals surface area contributed by atoms with Crippen LogP contribution >= 0.6 is 0 Å². The van der Waals surface area contributed by atoms with Crippen molar-refractivity contribution in [2.45, 2.75) is 33.2 Å². The van der Waals surface area contributed by atoms with Gasteiger partial charge >= 0.3 is 0 Å². The predicted octanol–water partition coefficient (Wildman–Crippen LogP) is 4.07. The SMILES string of the molecule is COc1ccc(C[C@@H](C)N2CCN(c3cc(C)ccc3C)CC2)cc1OC. The molecule has 0 aliphatic carbocycles. The molecule has 27 heavy (non-hydrogen) atoms. The van der Waals surface area contributed by atoms with Crippen molar-refractivity contribution in [1.82, 2.24) is 4.90 Å². The van der Waals surface area contributed by atoms with Crippen molar-refractivity contribution >= 4 is 5.69 Å². The lowest BCUT2D eigenvalue weighted by Gasteiger charge is -2.40. The van der Waals surface area contributed by atoms with Gasteiger partial charge < -0.3 is 14.4 Å². The van der Waals surface area contributed by atoms with Gasteiger partial charge in [-0.25, -0.2) is 0 Å². The smallest absolute Gasteiger partial charge is 0.160 e. The van der Waals surface area contributed by atoms with Crippen LogP contribution in [0.15, 0.2) is 36.4 Å². The Morgan fingerprint density at radius 1 is 0.889 bits per heavy atom. The molecule has 1 atom stereocenters. The molecule has 1 aliphatic heterocycles. The monoisotopic (exact) mass is 368 g/mol. The Morgan fingerprint density at radius 3 is 2.26 bits per heavy atom. The fourth-order valence-electron chi connectivity index (χ4n) is 3.94. The molecular weight excluding hydrogens is 336 g/mol. The number of anilines is 1. The third-order valence-electron chi connectivity index (χ3n) is 5.62. The zero-order valence-corrected chi connectivity index (χ0v) is 17.3. The highest BCUT2D eigenvalue weighted by Crippen LogP contribution is 2.29. The Bertz CT molecular complexity index is 767. The number of hydrogen-bond acceptors (Lipinski definition) is 4. The van der Waals surface area contributed by atoms with Gasteiger partial charge in [0.2, 0.25) is 0 Å². The summed E-state index contributed by atoms with van der Waals surface area (Å²) in [7, 11) is 3.37. The largest absolute Gasteiger partial charge is 0.493 e. The number of piperazine rings is 1. The normalized spacial score (nSPS) is 16.3. The Kier molecular flexibility index (Phi) is 6.27. The van der Waals surface area contributed by atoms with Crippen molar-refractivity contribution in [1.29, 1.82) is 0 Å². The first kappa shape index (κ1) is 19.6. The fraction of sp³-hybridized carbons (Fsp3) is 0.478. The number of ether oxygens (including phenoxy) is 2. The van der Waals surface area contributed by atoms with Crippen LogP contribution in [0.1, 0.15) is 23.6 Å². The van der Waals surface area contributed by atoms with E-state index in [-0.39, 0.29) is 0 Å². The van der Waals surface area contributed by atoms with Crippen molar-refractivity contribution in [3.8, 4) is 11.5 Å². The molecule has 0 spiro atoms. The van der Waals surface area contributed by atoms with Gasteiger partial charge in [-0.15, -0.1) is 0 Å². The molecule has 0 aromatic heterocycles. The van der Waals surface area contributed by atoms with E-state index in [0.717, 1.165) is 44.1 Å². The molecule has 1 fully saturated rings. The maximum absolute atomic E-state index is 5.44. The van der Waals surface area contributed by atoms with E-state index in [0.29, 0.717) is 6.04 Å². The van der Waals surface area contributed by atoms with E-state index in [1.807, 2.05) is 6.07 Å². The fourth-order valence-corrected chi connectivity index (χ4v) is 3.94. The van der Waals surface area contributed by atoms with Crippen LogP contribution in [-0.4, -0.2) is 51.3 Å². The van der Waals surface area contributed by atoms with Gasteiger partial charge in [0.1, 0.15) is 0 Å². The van der Waals surface area contributed by atoms with Gasteiger partial charge in [0.15, 0.2) is 11.5 Å². The summed E-state index contributed by atoms with van der Waals surface area (Å²) in [5.74, 6) is 1.60. The summed E-state index contributed by atoms with van der Waals surface area (Å²) < 4.78 is 10.8. The lowest BCUT2D eigenvalue weighted by atomic mass is 10.0. The van der Waals surface area contributed by atoms with Crippen molar-refractivity contribution in [2.75, 3.05) is 45.3 Å². The third kappa shape index (κ3) is 4.56. The molecule has 0 N–H and O–H groups in total. The van der Waals surface area contributed by atoms with Crippen molar-refractivity contribution < 1.29 is 9.47 Å². The average Bonchev–Trinajstić information content (AvgIpc) is 2.69. The molecule has 4 nitrogen and oxygen atoms in total. The average molecular weight is 369 g/mol. The minimum Gasteiger partial charge on any atom is -0.493 e. The van der Waals surface area contributed by atoms with Gasteiger partial charge in [-0.05, 0) is 62.1 Å². The minimum atomic E-state index is 0.504. The van der Waals surface area contributed by atoms with Crippen LogP contribution in [0.25, 0.3) is 0 Å². The number of nitrogens with zero attached hydrogens (tertiary/aromatic N) is 2. The van der Waals surface area contributed by atoms with Crippen LogP contribution in [0.4, 0.5) is 5.69 Å². The zero-order chi connectivity index (χ0) is 19.4. The van der Waals surface area contributed by atoms with Crippen molar-refractivity contribution in [2.24, 2.45) is 0 Å². The number of methoxy groups -OCH3 is 2. The topological polar surface area (TPSA) is 24.9 Å². The van der Waals surface area contributed by atoms with E-state index in [1.165, 1.54) is 22.4 Å². The van der Waals surface area contributed by atoms with Gasteiger partial charge in [0.05, 0.1) is 14.2 Å². The Balaban J connectivity index is 1.60. The molecule has 2 aromatic carbocycles. The second kappa shape index (κ2) is 8.66. The van der Waals surface area contributed by atoms with Crippen LogP contribution < -0.4 is 14.4 Å². The number of aryl methyl sites for hydroxylation is 2. The Hall–Kier alpha value is -2.20. The maximum Gasteiger partial charge on any atom is 0.160 e. The summed E-state index contributed by atoms with van der Waals surface area (Å²) in [6, 6.07) is 13.5. The molecule has 0 saturated carbocycles. The van der Waals surface area contributed by atoms with Gasteiger partial charge in [0.25, 0.3) is 0 Å². The number of hydrogen-bond donors (Lipinski definition) is 0. The molecule has 0 amide bonds. The first-order chi connectivity index (χ1) is 13.0. The first-order valence-electron chi connectivity index (χ1n) is 9.79. The number of benzene rings is 2. The van der Waals surface area contributed by atoms with Gasteiger partial charge in [-0.2, -0.15) is 0 Å². The molecule has 1 saturated heterocycles. The van der Waals surface area contributed by atoms with Crippen LogP contribution in [-0.2, 0) is 6.42 Å². The van der Waals surface area contributed by atoms with Gasteiger partial charge in [-0.3, -0.25) is 4.90 Å². The predicted molar refractivity (Wildman–Crippen MR) is 112 cm³/mol. The third-order valence-corrected chi connectivity index (χ3v) is 5.62. The van der Waals surface area contributed by atoms with Crippen LogP contribution in [0.5, 0.6) is 11.5 Å². The molecule has 0 unspecified atom stereocenters. The summed E-state index contributed by atoms with van der Waals surface area (Å²) in [5, 5.41) is 0. The van der Waals surface area contributed by atoms with E-state index < -0.39 is 0 Å². The molecule has 0 radical (unpaired) electrons. The molecular formula is C23H32N2O2. The maximum atomic E-state index is 5.44. The quantitative estimate of drug-likeness (QED) is 0.767. The lowest BCUT2D eigenvalue weighted by molar-refractivity contribution is 0.196. The first-order valence-corrected chi connectivity index (χ1v) is 9.79. The molecule has 1 heterocycles. The summed E-state index contributed by atoms with van der Waals surface area (Å²) in [6.45, 7) is 11.1. The molecule has 146 valence electrons. The van der Waals surface area contributed by atoms with Crippen LogP contribution in [0, 0.1) is 13.8 Å². The van der Waals surface area contributed by atoms with Crippen LogP contribution in [0.2, 0.25) is 0 Å². The zero-order valence-electron chi connectivity index (χ0n) is 17.3. The summed E-state index contributed by atoms with van der Waals surface area (Å²) in [5.41, 5.74) is 5.38. The van der Waals surface area contributed by atoms with E-state index in [4.69, 9.17) is 9.47 Å². The standard InChI is InChI=1S/C23H32N2O2/c1-17-6-7-18(2)21(14-17)25-12-10-24(11-13-25)19(3)15-20-8-9-22(26-4)23(16-20)27-5/h6-9,14,16,19H,10-13,15H2,1-5H3/t19-/m1/s1. The van der Waals surface area contributed by atoms with E-state index in [1.54, 1.807) is 14.2 Å². The second-order valence-corrected chi connectivity index (χ2v) is 7.56. The highest BCUT2D eigenvalue weighted by Gasteiger charge is 2.22.